The summed E-state index contributed by atoms with van der Waals surface area (Å²) >= 11 is 0. The molecule has 236 valence electrons. The van der Waals surface area contributed by atoms with E-state index in [0.717, 1.165) is 23.9 Å². The normalized spacial score (nSPS) is 14.2. The van der Waals surface area contributed by atoms with E-state index in [0.29, 0.717) is 55.5 Å². The molecule has 0 fully saturated rings. The molecule has 0 aliphatic carbocycles. The SMILES string of the molecule is CCN1C(=O)C(C)(C)C(=O)N(C)c2cc(OCCCN(CCn3ccc4ccoc4c3=O)Cc3ccncc3)ccc21.Cl.Cl. The zero-order valence-electron chi connectivity index (χ0n) is 25.4. The molecule has 5 rings (SSSR count). The van der Waals surface area contributed by atoms with Crippen molar-refractivity contribution in [3.05, 3.63) is 83.2 Å². The van der Waals surface area contributed by atoms with Crippen LogP contribution in [0.4, 0.5) is 11.4 Å². The first-order valence-corrected chi connectivity index (χ1v) is 14.3. The van der Waals surface area contributed by atoms with Crippen LogP contribution in [-0.4, -0.2) is 59.6 Å². The molecule has 1 aliphatic rings. The van der Waals surface area contributed by atoms with Gasteiger partial charge in [-0.05, 0) is 69.2 Å². The standard InChI is InChI=1S/C32H37N5O5.2ClH/c1-5-37-26-8-7-25(21-27(26)34(4)30(39)32(2,3)31(37)40)41-19-6-15-35(22-23-9-13-33-14-10-23)17-18-36-16-11-24-12-20-42-28(24)29(36)38;;/h7-14,16,20-21H,5-6,15,17-19,22H2,1-4H3;2*1H. The van der Waals surface area contributed by atoms with Gasteiger partial charge in [-0.1, -0.05) is 0 Å². The van der Waals surface area contributed by atoms with Gasteiger partial charge in [-0.2, -0.15) is 0 Å². The van der Waals surface area contributed by atoms with Crippen LogP contribution in [0.3, 0.4) is 0 Å². The number of amides is 2. The van der Waals surface area contributed by atoms with E-state index in [-0.39, 0.29) is 42.2 Å². The van der Waals surface area contributed by atoms with Gasteiger partial charge in [0.25, 0.3) is 5.56 Å². The number of hydrogen-bond acceptors (Lipinski definition) is 7. The Hall–Kier alpha value is -3.86. The maximum Gasteiger partial charge on any atom is 0.294 e. The van der Waals surface area contributed by atoms with Crippen LogP contribution in [-0.2, 0) is 22.7 Å². The highest BCUT2D eigenvalue weighted by Gasteiger charge is 2.45. The number of carbonyl (C=O) groups excluding carboxylic acids is 2. The van der Waals surface area contributed by atoms with E-state index in [1.54, 1.807) is 53.7 Å². The van der Waals surface area contributed by atoms with E-state index in [4.69, 9.17) is 9.15 Å². The average Bonchev–Trinajstić information content (AvgIpc) is 3.47. The Bertz CT molecular complexity index is 1640. The summed E-state index contributed by atoms with van der Waals surface area (Å²) in [6.45, 7) is 8.81. The third-order valence-corrected chi connectivity index (χ3v) is 7.82. The first-order chi connectivity index (χ1) is 20.2. The van der Waals surface area contributed by atoms with E-state index in [9.17, 15) is 14.4 Å². The fraction of sp³-hybridized carbons (Fsp3) is 0.375. The molecule has 44 heavy (non-hydrogen) atoms. The van der Waals surface area contributed by atoms with E-state index in [1.807, 2.05) is 49.5 Å². The van der Waals surface area contributed by atoms with Gasteiger partial charge in [0.05, 0.1) is 24.2 Å². The zero-order valence-corrected chi connectivity index (χ0v) is 27.0. The van der Waals surface area contributed by atoms with Crippen LogP contribution in [0.2, 0.25) is 0 Å². The highest BCUT2D eigenvalue weighted by Crippen LogP contribution is 2.40. The number of furan rings is 1. The summed E-state index contributed by atoms with van der Waals surface area (Å²) < 4.78 is 13.2. The van der Waals surface area contributed by atoms with Crippen molar-refractivity contribution in [2.24, 2.45) is 5.41 Å². The number of fused-ring (bicyclic) bond motifs is 2. The summed E-state index contributed by atoms with van der Waals surface area (Å²) in [5, 5.41) is 0.799. The first kappa shape index (κ1) is 34.6. The molecule has 0 saturated carbocycles. The van der Waals surface area contributed by atoms with Crippen molar-refractivity contribution in [3.63, 3.8) is 0 Å². The predicted octanol–water partition coefficient (Wildman–Crippen LogP) is 5.16. The molecule has 1 aliphatic heterocycles. The predicted molar refractivity (Wildman–Crippen MR) is 176 cm³/mol. The second-order valence-electron chi connectivity index (χ2n) is 11.0. The first-order valence-electron chi connectivity index (χ1n) is 14.3. The molecular formula is C32H39Cl2N5O5. The van der Waals surface area contributed by atoms with Gasteiger partial charge in [0.1, 0.15) is 11.2 Å². The van der Waals surface area contributed by atoms with Crippen LogP contribution in [0, 0.1) is 5.41 Å². The minimum absolute atomic E-state index is 0. The monoisotopic (exact) mass is 643 g/mol. The van der Waals surface area contributed by atoms with E-state index in [1.165, 1.54) is 6.26 Å². The zero-order chi connectivity index (χ0) is 29.9. The molecule has 2 amide bonds. The minimum atomic E-state index is -1.15. The maximum atomic E-state index is 13.1. The lowest BCUT2D eigenvalue weighted by Gasteiger charge is -2.27. The Kier molecular flexibility index (Phi) is 11.6. The van der Waals surface area contributed by atoms with Gasteiger partial charge >= 0.3 is 0 Å². The average molecular weight is 645 g/mol. The van der Waals surface area contributed by atoms with Crippen LogP contribution >= 0.6 is 24.8 Å². The molecule has 1 aromatic carbocycles. The van der Waals surface area contributed by atoms with Crippen LogP contribution in [0.15, 0.2) is 76.5 Å². The molecule has 4 aromatic rings. The molecule has 4 heterocycles. The Morgan fingerprint density at radius 1 is 0.955 bits per heavy atom. The molecule has 10 nitrogen and oxygen atoms in total. The van der Waals surface area contributed by atoms with Gasteiger partial charge in [0, 0.05) is 69.8 Å². The highest BCUT2D eigenvalue weighted by atomic mass is 35.5. The number of hydrogen-bond donors (Lipinski definition) is 0. The molecule has 0 spiro atoms. The number of ether oxygens (including phenoxy) is 1. The highest BCUT2D eigenvalue weighted by molar-refractivity contribution is 6.20. The number of nitrogens with zero attached hydrogens (tertiary/aromatic N) is 5. The van der Waals surface area contributed by atoms with Gasteiger partial charge < -0.3 is 23.5 Å². The second kappa shape index (κ2) is 14.7. The quantitative estimate of drug-likeness (QED) is 0.164. The lowest BCUT2D eigenvalue weighted by molar-refractivity contribution is -0.137. The molecule has 0 unspecified atom stereocenters. The van der Waals surface area contributed by atoms with Crippen molar-refractivity contribution in [3.8, 4) is 5.75 Å². The van der Waals surface area contributed by atoms with Crippen LogP contribution in [0.25, 0.3) is 11.0 Å². The number of rotatable bonds is 11. The third-order valence-electron chi connectivity index (χ3n) is 7.82. The maximum absolute atomic E-state index is 13.1. The summed E-state index contributed by atoms with van der Waals surface area (Å²) in [5.41, 5.74) is 1.56. The number of aromatic nitrogens is 2. The van der Waals surface area contributed by atoms with Crippen LogP contribution in [0.1, 0.15) is 32.8 Å². The number of pyridine rings is 2. The molecule has 12 heteroatoms. The van der Waals surface area contributed by atoms with Gasteiger partial charge in [-0.3, -0.25) is 24.3 Å². The van der Waals surface area contributed by atoms with Crippen molar-refractivity contribution < 1.29 is 18.7 Å². The number of anilines is 2. The largest absolute Gasteiger partial charge is 0.493 e. The van der Waals surface area contributed by atoms with Crippen molar-refractivity contribution in [1.29, 1.82) is 0 Å². The van der Waals surface area contributed by atoms with E-state index < -0.39 is 5.41 Å². The molecular weight excluding hydrogens is 605 g/mol. The van der Waals surface area contributed by atoms with Crippen molar-refractivity contribution in [1.82, 2.24) is 14.5 Å². The van der Waals surface area contributed by atoms with Crippen LogP contribution < -0.4 is 20.1 Å². The molecule has 0 atom stereocenters. The second-order valence-corrected chi connectivity index (χ2v) is 11.0. The Labute approximate surface area is 269 Å². The lowest BCUT2D eigenvalue weighted by Crippen LogP contribution is -2.47. The molecule has 3 aromatic heterocycles. The van der Waals surface area contributed by atoms with Crippen molar-refractivity contribution >= 4 is 59.0 Å². The molecule has 0 N–H and O–H groups in total. The topological polar surface area (TPSA) is 101 Å². The lowest BCUT2D eigenvalue weighted by atomic mass is 9.90. The summed E-state index contributed by atoms with van der Waals surface area (Å²) in [7, 11) is 1.70. The summed E-state index contributed by atoms with van der Waals surface area (Å²) in [6, 6.07) is 13.2. The van der Waals surface area contributed by atoms with Crippen molar-refractivity contribution in [2.75, 3.05) is 43.1 Å². The molecule has 0 radical (unpaired) electrons. The van der Waals surface area contributed by atoms with Crippen LogP contribution in [0.5, 0.6) is 5.75 Å². The van der Waals surface area contributed by atoms with Gasteiger partial charge in [0.2, 0.25) is 11.8 Å². The number of halogens is 2. The summed E-state index contributed by atoms with van der Waals surface area (Å²) in [5.74, 6) is 0.171. The fourth-order valence-corrected chi connectivity index (χ4v) is 5.38. The van der Waals surface area contributed by atoms with Gasteiger partial charge in [-0.15, -0.1) is 24.8 Å². The Morgan fingerprint density at radius 2 is 1.70 bits per heavy atom. The number of benzene rings is 1. The molecule has 0 saturated heterocycles. The smallest absolute Gasteiger partial charge is 0.294 e. The third kappa shape index (κ3) is 7.09. The Morgan fingerprint density at radius 3 is 2.43 bits per heavy atom. The summed E-state index contributed by atoms with van der Waals surface area (Å²) in [6.07, 6.45) is 7.64. The fourth-order valence-electron chi connectivity index (χ4n) is 5.38. The minimum Gasteiger partial charge on any atom is -0.493 e. The van der Waals surface area contributed by atoms with Crippen molar-refractivity contribution in [2.45, 2.75) is 40.3 Å². The molecule has 0 bridgehead atoms. The van der Waals surface area contributed by atoms with Gasteiger partial charge in [0.15, 0.2) is 5.58 Å². The van der Waals surface area contributed by atoms with E-state index >= 15 is 0 Å². The Balaban J connectivity index is 0.00000264. The number of carbonyl (C=O) groups is 2. The van der Waals surface area contributed by atoms with Gasteiger partial charge in [-0.25, -0.2) is 0 Å². The van der Waals surface area contributed by atoms with E-state index in [2.05, 4.69) is 9.88 Å². The summed E-state index contributed by atoms with van der Waals surface area (Å²) in [4.78, 5) is 48.7.